The fourth-order valence-electron chi connectivity index (χ4n) is 2.96. The number of carbonyl (C=O) groups excluding carboxylic acids is 2. The Bertz CT molecular complexity index is 620. The molecule has 0 spiro atoms. The van der Waals surface area contributed by atoms with Crippen molar-refractivity contribution in [2.45, 2.75) is 58.1 Å². The van der Waals surface area contributed by atoms with Gasteiger partial charge in [0.25, 0.3) is 0 Å². The van der Waals surface area contributed by atoms with E-state index in [1.54, 1.807) is 6.92 Å². The molecule has 1 fully saturated rings. The highest BCUT2D eigenvalue weighted by Gasteiger charge is 2.15. The van der Waals surface area contributed by atoms with Crippen LogP contribution in [0.4, 0.5) is 19.3 Å². The highest BCUT2D eigenvalue weighted by atomic mass is 19.3. The standard InChI is InChI=1S/C18H25F2N3O3/c1-12-11-14(26-17(19)20)7-8-15(12)23-18(25)21-10-9-16(24)22-13-5-3-2-4-6-13/h7-8,11,13,17H,2-6,9-10H2,1H3,(H,22,24)(H2,21,23,25). The molecule has 1 aliphatic rings. The van der Waals surface area contributed by atoms with Crippen molar-refractivity contribution in [3.05, 3.63) is 23.8 Å². The summed E-state index contributed by atoms with van der Waals surface area (Å²) in [7, 11) is 0. The van der Waals surface area contributed by atoms with Gasteiger partial charge in [0.05, 0.1) is 0 Å². The van der Waals surface area contributed by atoms with E-state index in [0.29, 0.717) is 11.3 Å². The third kappa shape index (κ3) is 6.85. The molecule has 6 nitrogen and oxygen atoms in total. The molecule has 1 aromatic carbocycles. The van der Waals surface area contributed by atoms with Gasteiger partial charge in [-0.25, -0.2) is 4.79 Å². The van der Waals surface area contributed by atoms with Gasteiger partial charge in [0.1, 0.15) is 5.75 Å². The lowest BCUT2D eigenvalue weighted by atomic mass is 9.95. The van der Waals surface area contributed by atoms with Crippen LogP contribution in [0.5, 0.6) is 5.75 Å². The first-order valence-electron chi connectivity index (χ1n) is 8.83. The van der Waals surface area contributed by atoms with E-state index < -0.39 is 12.6 Å². The van der Waals surface area contributed by atoms with E-state index in [-0.39, 0.29) is 30.7 Å². The Hall–Kier alpha value is -2.38. The minimum Gasteiger partial charge on any atom is -0.435 e. The molecule has 1 saturated carbocycles. The van der Waals surface area contributed by atoms with Gasteiger partial charge >= 0.3 is 12.6 Å². The summed E-state index contributed by atoms with van der Waals surface area (Å²) >= 11 is 0. The van der Waals surface area contributed by atoms with Crippen LogP contribution in [0.2, 0.25) is 0 Å². The van der Waals surface area contributed by atoms with Crippen molar-refractivity contribution < 1.29 is 23.1 Å². The summed E-state index contributed by atoms with van der Waals surface area (Å²) < 4.78 is 28.7. The average molecular weight is 369 g/mol. The molecule has 0 radical (unpaired) electrons. The van der Waals surface area contributed by atoms with Crippen LogP contribution >= 0.6 is 0 Å². The summed E-state index contributed by atoms with van der Waals surface area (Å²) in [5, 5.41) is 8.22. The lowest BCUT2D eigenvalue weighted by Crippen LogP contribution is -2.38. The molecule has 3 amide bonds. The van der Waals surface area contributed by atoms with Crippen LogP contribution < -0.4 is 20.7 Å². The SMILES string of the molecule is Cc1cc(OC(F)F)ccc1NC(=O)NCCC(=O)NC1CCCCC1. The van der Waals surface area contributed by atoms with Crippen molar-refractivity contribution in [1.82, 2.24) is 10.6 Å². The Morgan fingerprint density at radius 2 is 1.96 bits per heavy atom. The molecular weight excluding hydrogens is 344 g/mol. The second-order valence-electron chi connectivity index (χ2n) is 6.39. The summed E-state index contributed by atoms with van der Waals surface area (Å²) in [4.78, 5) is 23.8. The van der Waals surface area contributed by atoms with Crippen LogP contribution in [-0.4, -0.2) is 31.1 Å². The van der Waals surface area contributed by atoms with E-state index in [4.69, 9.17) is 0 Å². The predicted octanol–water partition coefficient (Wildman–Crippen LogP) is 3.56. The topological polar surface area (TPSA) is 79.5 Å². The van der Waals surface area contributed by atoms with Gasteiger partial charge in [0.15, 0.2) is 0 Å². The third-order valence-electron chi connectivity index (χ3n) is 4.28. The second kappa shape index (κ2) is 9.94. The highest BCUT2D eigenvalue weighted by molar-refractivity contribution is 5.90. The minimum absolute atomic E-state index is 0.0304. The quantitative estimate of drug-likeness (QED) is 0.688. The molecule has 0 bridgehead atoms. The molecule has 1 aromatic rings. The summed E-state index contributed by atoms with van der Waals surface area (Å²) in [5.74, 6) is -0.0373. The number of halogens is 2. The van der Waals surface area contributed by atoms with Crippen LogP contribution in [0.1, 0.15) is 44.1 Å². The number of ether oxygens (including phenoxy) is 1. The number of aryl methyl sites for hydroxylation is 1. The molecule has 2 rings (SSSR count). The molecule has 0 atom stereocenters. The molecule has 0 aromatic heterocycles. The van der Waals surface area contributed by atoms with Gasteiger partial charge in [-0.1, -0.05) is 19.3 Å². The number of benzene rings is 1. The Morgan fingerprint density at radius 1 is 1.23 bits per heavy atom. The van der Waals surface area contributed by atoms with Gasteiger partial charge in [-0.2, -0.15) is 8.78 Å². The third-order valence-corrected chi connectivity index (χ3v) is 4.28. The zero-order chi connectivity index (χ0) is 18.9. The first-order chi connectivity index (χ1) is 12.4. The smallest absolute Gasteiger partial charge is 0.387 e. The maximum Gasteiger partial charge on any atom is 0.387 e. The van der Waals surface area contributed by atoms with E-state index in [1.165, 1.54) is 24.6 Å². The molecule has 26 heavy (non-hydrogen) atoms. The van der Waals surface area contributed by atoms with Gasteiger partial charge in [-0.3, -0.25) is 4.79 Å². The monoisotopic (exact) mass is 369 g/mol. The van der Waals surface area contributed by atoms with Crippen LogP contribution in [0, 0.1) is 6.92 Å². The van der Waals surface area contributed by atoms with E-state index in [0.717, 1.165) is 25.7 Å². The first-order valence-corrected chi connectivity index (χ1v) is 8.83. The summed E-state index contributed by atoms with van der Waals surface area (Å²) in [6.45, 7) is -1.00. The zero-order valence-electron chi connectivity index (χ0n) is 14.8. The number of hydrogen-bond acceptors (Lipinski definition) is 3. The van der Waals surface area contributed by atoms with Crippen molar-refractivity contribution in [2.24, 2.45) is 0 Å². The molecule has 144 valence electrons. The van der Waals surface area contributed by atoms with Gasteiger partial charge in [-0.05, 0) is 43.5 Å². The Morgan fingerprint density at radius 3 is 2.62 bits per heavy atom. The van der Waals surface area contributed by atoms with E-state index in [2.05, 4.69) is 20.7 Å². The number of carbonyl (C=O) groups is 2. The first kappa shape index (κ1) is 19.9. The summed E-state index contributed by atoms with van der Waals surface area (Å²) in [6.07, 6.45) is 5.76. The lowest BCUT2D eigenvalue weighted by molar-refractivity contribution is -0.121. The summed E-state index contributed by atoms with van der Waals surface area (Å²) in [5.41, 5.74) is 1.07. The number of anilines is 1. The molecular formula is C18H25F2N3O3. The van der Waals surface area contributed by atoms with Crippen LogP contribution in [-0.2, 0) is 4.79 Å². The van der Waals surface area contributed by atoms with E-state index >= 15 is 0 Å². The van der Waals surface area contributed by atoms with Gasteiger partial charge in [0.2, 0.25) is 5.91 Å². The highest BCUT2D eigenvalue weighted by Crippen LogP contribution is 2.22. The second-order valence-corrected chi connectivity index (χ2v) is 6.39. The van der Waals surface area contributed by atoms with Crippen LogP contribution in [0.3, 0.4) is 0 Å². The number of hydrogen-bond donors (Lipinski definition) is 3. The fourth-order valence-corrected chi connectivity index (χ4v) is 2.96. The largest absolute Gasteiger partial charge is 0.435 e. The maximum atomic E-state index is 12.2. The van der Waals surface area contributed by atoms with Crippen molar-refractivity contribution in [3.8, 4) is 5.75 Å². The molecule has 3 N–H and O–H groups in total. The van der Waals surface area contributed by atoms with E-state index in [9.17, 15) is 18.4 Å². The number of amides is 3. The molecule has 1 aliphatic carbocycles. The Kier molecular flexibility index (Phi) is 7.62. The number of alkyl halides is 2. The molecule has 0 unspecified atom stereocenters. The molecule has 0 saturated heterocycles. The van der Waals surface area contributed by atoms with Crippen molar-refractivity contribution in [2.75, 3.05) is 11.9 Å². The average Bonchev–Trinajstić information content (AvgIpc) is 2.57. The maximum absolute atomic E-state index is 12.2. The van der Waals surface area contributed by atoms with Crippen molar-refractivity contribution >= 4 is 17.6 Å². The van der Waals surface area contributed by atoms with Crippen LogP contribution in [0.15, 0.2) is 18.2 Å². The normalized spacial score (nSPS) is 14.8. The number of nitrogens with one attached hydrogen (secondary N) is 3. The zero-order valence-corrected chi connectivity index (χ0v) is 14.8. The van der Waals surface area contributed by atoms with Crippen molar-refractivity contribution in [1.29, 1.82) is 0 Å². The predicted molar refractivity (Wildman–Crippen MR) is 94.5 cm³/mol. The van der Waals surface area contributed by atoms with Crippen LogP contribution in [0.25, 0.3) is 0 Å². The number of rotatable bonds is 7. The molecule has 0 heterocycles. The van der Waals surface area contributed by atoms with E-state index in [1.807, 2.05) is 0 Å². The Labute approximate surface area is 151 Å². The fraction of sp³-hybridized carbons (Fsp3) is 0.556. The van der Waals surface area contributed by atoms with Gasteiger partial charge in [0, 0.05) is 24.7 Å². The lowest BCUT2D eigenvalue weighted by Gasteiger charge is -2.22. The van der Waals surface area contributed by atoms with Gasteiger partial charge in [-0.15, -0.1) is 0 Å². The van der Waals surface area contributed by atoms with Crippen molar-refractivity contribution in [3.63, 3.8) is 0 Å². The summed E-state index contributed by atoms with van der Waals surface area (Å²) in [6, 6.07) is 4.05. The molecule has 0 aliphatic heterocycles. The Balaban J connectivity index is 1.70. The number of urea groups is 1. The molecule has 8 heteroatoms. The minimum atomic E-state index is -2.89. The van der Waals surface area contributed by atoms with Gasteiger partial charge < -0.3 is 20.7 Å².